The van der Waals surface area contributed by atoms with E-state index in [9.17, 15) is 19.8 Å². The summed E-state index contributed by atoms with van der Waals surface area (Å²) in [5.74, 6) is -0.832. The van der Waals surface area contributed by atoms with Gasteiger partial charge in [-0.3, -0.25) is 14.9 Å². The van der Waals surface area contributed by atoms with Crippen LogP contribution in [0.15, 0.2) is 60.7 Å². The molecule has 0 saturated heterocycles. The number of benzene rings is 2. The van der Waals surface area contributed by atoms with Crippen molar-refractivity contribution in [3.8, 4) is 0 Å². The van der Waals surface area contributed by atoms with E-state index < -0.39 is 18.1 Å². The predicted molar refractivity (Wildman–Crippen MR) is 146 cm³/mol. The first-order valence-corrected chi connectivity index (χ1v) is 13.8. The van der Waals surface area contributed by atoms with E-state index >= 15 is 0 Å². The molecule has 198 valence electrons. The minimum Gasteiger partial charge on any atom is -0.385 e. The van der Waals surface area contributed by atoms with Gasteiger partial charge >= 0.3 is 0 Å². The number of nitrogens with one attached hydrogen (secondary N) is 2. The molecule has 0 spiro atoms. The Morgan fingerprint density at radius 3 is 1.89 bits per heavy atom. The van der Waals surface area contributed by atoms with Gasteiger partial charge in [-0.2, -0.15) is 0 Å². The summed E-state index contributed by atoms with van der Waals surface area (Å²) >= 11 is 2.60. The van der Waals surface area contributed by atoms with E-state index in [2.05, 4.69) is 31.0 Å². The Hall–Kier alpha value is -3.58. The molecule has 2 amide bonds. The molecule has 4 rings (SSSR count). The van der Waals surface area contributed by atoms with Gasteiger partial charge in [-0.1, -0.05) is 83.3 Å². The molecule has 0 aliphatic carbocycles. The zero-order valence-corrected chi connectivity index (χ0v) is 22.1. The number of aromatic nitrogens is 4. The number of hydrogen-bond acceptors (Lipinski definition) is 10. The molecule has 0 radical (unpaired) electrons. The summed E-state index contributed by atoms with van der Waals surface area (Å²) in [5, 5.41) is 44.3. The van der Waals surface area contributed by atoms with Crippen molar-refractivity contribution in [3.63, 3.8) is 0 Å². The highest BCUT2D eigenvalue weighted by molar-refractivity contribution is 7.15. The Morgan fingerprint density at radius 2 is 1.29 bits per heavy atom. The molecule has 0 bridgehead atoms. The quantitative estimate of drug-likeness (QED) is 0.184. The van der Waals surface area contributed by atoms with Crippen LogP contribution < -0.4 is 10.6 Å². The molecule has 4 N–H and O–H groups in total. The first kappa shape index (κ1) is 27.5. The summed E-state index contributed by atoms with van der Waals surface area (Å²) in [6.45, 7) is 0. The van der Waals surface area contributed by atoms with E-state index in [-0.39, 0.29) is 11.0 Å². The lowest BCUT2D eigenvalue weighted by molar-refractivity contribution is -0.129. The second kappa shape index (κ2) is 13.8. The molecule has 2 aromatic carbocycles. The van der Waals surface area contributed by atoms with Crippen molar-refractivity contribution in [1.29, 1.82) is 0 Å². The highest BCUT2D eigenvalue weighted by atomic mass is 32.1. The van der Waals surface area contributed by atoms with Crippen LogP contribution >= 0.6 is 22.7 Å². The molecule has 10 nitrogen and oxygen atoms in total. The van der Waals surface area contributed by atoms with E-state index in [0.29, 0.717) is 30.0 Å². The number of aliphatic hydroxyl groups is 2. The fourth-order valence-corrected chi connectivity index (χ4v) is 5.18. The van der Waals surface area contributed by atoms with Crippen molar-refractivity contribution in [2.24, 2.45) is 0 Å². The number of aryl methyl sites for hydroxylation is 3. The van der Waals surface area contributed by atoms with Crippen LogP contribution in [0.4, 0.5) is 10.3 Å². The number of amides is 2. The smallest absolute Gasteiger partial charge is 0.258 e. The fourth-order valence-electron chi connectivity index (χ4n) is 3.60. The summed E-state index contributed by atoms with van der Waals surface area (Å²) in [6, 6.07) is 18.3. The van der Waals surface area contributed by atoms with Gasteiger partial charge in [0.1, 0.15) is 16.1 Å². The number of hydrogen-bond donors (Lipinski definition) is 4. The van der Waals surface area contributed by atoms with Gasteiger partial charge in [0.25, 0.3) is 5.91 Å². The largest absolute Gasteiger partial charge is 0.385 e. The molecule has 38 heavy (non-hydrogen) atoms. The second-order valence-corrected chi connectivity index (χ2v) is 10.7. The second-order valence-electron chi connectivity index (χ2n) is 8.53. The normalized spacial score (nSPS) is 12.6. The van der Waals surface area contributed by atoms with Crippen molar-refractivity contribution >= 4 is 44.8 Å². The van der Waals surface area contributed by atoms with E-state index in [1.165, 1.54) is 22.7 Å². The van der Waals surface area contributed by atoms with Crippen molar-refractivity contribution in [1.82, 2.24) is 20.4 Å². The molecule has 2 atom stereocenters. The molecule has 0 saturated carbocycles. The van der Waals surface area contributed by atoms with Crippen LogP contribution in [0.2, 0.25) is 0 Å². The van der Waals surface area contributed by atoms with Crippen molar-refractivity contribution < 1.29 is 19.8 Å². The number of aliphatic hydroxyl groups excluding tert-OH is 2. The van der Waals surface area contributed by atoms with Crippen molar-refractivity contribution in [2.75, 3.05) is 10.6 Å². The number of unbranched alkanes of at least 4 members (excludes halogenated alkanes) is 1. The summed E-state index contributed by atoms with van der Waals surface area (Å²) < 4.78 is 0. The number of nitrogens with zero attached hydrogens (tertiary/aromatic N) is 4. The van der Waals surface area contributed by atoms with Crippen LogP contribution in [0.3, 0.4) is 0 Å². The lowest BCUT2D eigenvalue weighted by Crippen LogP contribution is -2.33. The van der Waals surface area contributed by atoms with Gasteiger partial charge in [0.05, 0.1) is 0 Å². The highest BCUT2D eigenvalue weighted by Gasteiger charge is 2.26. The maximum Gasteiger partial charge on any atom is 0.258 e. The number of anilines is 2. The van der Waals surface area contributed by atoms with Crippen molar-refractivity contribution in [3.05, 3.63) is 81.8 Å². The molecule has 2 heterocycles. The number of carbonyl (C=O) groups is 2. The zero-order chi connectivity index (χ0) is 26.7. The summed E-state index contributed by atoms with van der Waals surface area (Å²) in [4.78, 5) is 24.5. The molecule has 0 aliphatic rings. The van der Waals surface area contributed by atoms with Gasteiger partial charge in [0, 0.05) is 19.3 Å². The van der Waals surface area contributed by atoms with Gasteiger partial charge < -0.3 is 15.5 Å². The Kier molecular flexibility index (Phi) is 9.98. The Morgan fingerprint density at radius 1 is 0.737 bits per heavy atom. The third-order valence-corrected chi connectivity index (χ3v) is 7.43. The van der Waals surface area contributed by atoms with Gasteiger partial charge in [-0.25, -0.2) is 0 Å². The zero-order valence-electron chi connectivity index (χ0n) is 20.5. The third kappa shape index (κ3) is 8.21. The van der Waals surface area contributed by atoms with Crippen LogP contribution in [0, 0.1) is 0 Å². The molecular weight excluding hydrogens is 524 g/mol. The van der Waals surface area contributed by atoms with Gasteiger partial charge in [-0.05, 0) is 30.4 Å². The Bertz CT molecular complexity index is 1320. The molecule has 0 fully saturated rings. The fraction of sp³-hybridized carbons (Fsp3) is 0.308. The topological polar surface area (TPSA) is 150 Å². The highest BCUT2D eigenvalue weighted by Crippen LogP contribution is 2.22. The summed E-state index contributed by atoms with van der Waals surface area (Å²) in [5.41, 5.74) is 1.56. The van der Waals surface area contributed by atoms with E-state index in [1.54, 1.807) is 30.3 Å². The average Bonchev–Trinajstić information content (AvgIpc) is 3.59. The summed E-state index contributed by atoms with van der Waals surface area (Å²) in [6.07, 6.45) is 1.16. The number of rotatable bonds is 13. The minimum absolute atomic E-state index is 0.0854. The molecule has 0 aliphatic heterocycles. The molecule has 2 aromatic heterocycles. The first-order valence-electron chi connectivity index (χ1n) is 12.2. The Balaban J connectivity index is 1.14. The van der Waals surface area contributed by atoms with Gasteiger partial charge in [0.2, 0.25) is 16.2 Å². The van der Waals surface area contributed by atoms with E-state index in [4.69, 9.17) is 0 Å². The van der Waals surface area contributed by atoms with E-state index in [1.807, 2.05) is 30.3 Å². The van der Waals surface area contributed by atoms with Crippen LogP contribution in [-0.2, 0) is 28.9 Å². The molecule has 4 aromatic rings. The predicted octanol–water partition coefficient (Wildman–Crippen LogP) is 3.56. The third-order valence-electron chi connectivity index (χ3n) is 5.63. The van der Waals surface area contributed by atoms with Crippen LogP contribution in [0.25, 0.3) is 0 Å². The lowest BCUT2D eigenvalue weighted by Gasteiger charge is -2.16. The average molecular weight is 553 g/mol. The standard InChI is InChI=1S/C26H28N6O4S2/c33-19(16-15-17-9-3-1-4-10-17)27-25-31-29-20(37-25)13-7-8-14-21-30-32-26(38-21)28-24(36)23(35)22(34)18-11-5-2-6-12-18/h1-6,9-12,22-23,34-35H,7-8,13-16H2,(H,27,31,33)(H,28,32,36)/t22-,23+/m1/s1. The van der Waals surface area contributed by atoms with Gasteiger partial charge in [0.15, 0.2) is 6.10 Å². The van der Waals surface area contributed by atoms with Crippen LogP contribution in [0.1, 0.15) is 46.5 Å². The van der Waals surface area contributed by atoms with Crippen LogP contribution in [-0.4, -0.2) is 48.5 Å². The van der Waals surface area contributed by atoms with Gasteiger partial charge in [-0.15, -0.1) is 20.4 Å². The summed E-state index contributed by atoms with van der Waals surface area (Å²) in [7, 11) is 0. The number of carbonyl (C=O) groups excluding carboxylic acids is 2. The van der Waals surface area contributed by atoms with E-state index in [0.717, 1.165) is 34.8 Å². The van der Waals surface area contributed by atoms with Crippen LogP contribution in [0.5, 0.6) is 0 Å². The SMILES string of the molecule is O=C(CCc1ccccc1)Nc1nnc(CCCCc2nnc(NC(=O)[C@@H](O)[C@H](O)c3ccccc3)s2)s1. The molecule has 12 heteroatoms. The monoisotopic (exact) mass is 552 g/mol. The maximum absolute atomic E-state index is 12.3. The first-order chi connectivity index (χ1) is 18.5. The Labute approximate surface area is 227 Å². The van der Waals surface area contributed by atoms with Crippen molar-refractivity contribution in [2.45, 2.75) is 50.7 Å². The lowest BCUT2D eigenvalue weighted by atomic mass is 10.0. The molecular formula is C26H28N6O4S2. The minimum atomic E-state index is -1.63. The molecule has 0 unspecified atom stereocenters. The maximum atomic E-state index is 12.3.